The highest BCUT2D eigenvalue weighted by atomic mass is 16.5. The Balaban J connectivity index is 1.08. The number of rotatable bonds is 17. The van der Waals surface area contributed by atoms with Crippen molar-refractivity contribution in [3.63, 3.8) is 0 Å². The van der Waals surface area contributed by atoms with Crippen molar-refractivity contribution in [2.24, 2.45) is 0 Å². The molecule has 0 amide bonds. The Morgan fingerprint density at radius 2 is 1.31 bits per heavy atom. The number of pyridine rings is 1. The largest absolute Gasteiger partial charge is 0.382 e. The first kappa shape index (κ1) is 34.3. The van der Waals surface area contributed by atoms with Crippen molar-refractivity contribution in [3.05, 3.63) is 138 Å². The van der Waals surface area contributed by atoms with Crippen LogP contribution >= 0.6 is 0 Å². The summed E-state index contributed by atoms with van der Waals surface area (Å²) in [5.41, 5.74) is 11.0. The van der Waals surface area contributed by atoms with Crippen LogP contribution in [0.3, 0.4) is 0 Å². The van der Waals surface area contributed by atoms with Crippen LogP contribution in [0.2, 0.25) is 0 Å². The second-order valence-corrected chi connectivity index (χ2v) is 12.8. The lowest BCUT2D eigenvalue weighted by molar-refractivity contribution is -0.0285. The molecule has 0 aliphatic heterocycles. The van der Waals surface area contributed by atoms with Crippen molar-refractivity contribution in [1.29, 1.82) is 0 Å². The summed E-state index contributed by atoms with van der Waals surface area (Å²) in [6.45, 7) is 10.5. The van der Waals surface area contributed by atoms with Gasteiger partial charge in [-0.15, -0.1) is 0 Å². The molecular formula is C41H47N5O3. The molecule has 0 radical (unpaired) electrons. The highest BCUT2D eigenvalue weighted by molar-refractivity contribution is 6.06. The van der Waals surface area contributed by atoms with E-state index in [1.165, 1.54) is 0 Å². The van der Waals surface area contributed by atoms with Gasteiger partial charge in [-0.2, -0.15) is 0 Å². The van der Waals surface area contributed by atoms with E-state index < -0.39 is 11.2 Å². The van der Waals surface area contributed by atoms with Gasteiger partial charge in [0.15, 0.2) is 5.82 Å². The molecule has 2 heterocycles. The third-order valence-corrected chi connectivity index (χ3v) is 8.79. The van der Waals surface area contributed by atoms with Gasteiger partial charge in [0, 0.05) is 25.1 Å². The second-order valence-electron chi connectivity index (χ2n) is 12.8. The molecule has 3 N–H and O–H groups in total. The van der Waals surface area contributed by atoms with Crippen LogP contribution in [0.1, 0.15) is 49.7 Å². The Labute approximate surface area is 289 Å². The van der Waals surface area contributed by atoms with Gasteiger partial charge < -0.3 is 29.8 Å². The number of ether oxygens (including phenoxy) is 3. The van der Waals surface area contributed by atoms with Gasteiger partial charge in [0.05, 0.1) is 29.8 Å². The summed E-state index contributed by atoms with van der Waals surface area (Å²) in [5.74, 6) is 1.24. The average Bonchev–Trinajstić information content (AvgIpc) is 3.49. The molecule has 0 bridgehead atoms. The summed E-state index contributed by atoms with van der Waals surface area (Å²) in [5, 5.41) is 4.57. The first-order chi connectivity index (χ1) is 23.9. The van der Waals surface area contributed by atoms with Crippen molar-refractivity contribution in [2.45, 2.75) is 51.5 Å². The molecule has 0 fully saturated rings. The van der Waals surface area contributed by atoms with Gasteiger partial charge in [0.1, 0.15) is 23.5 Å². The molecule has 254 valence electrons. The van der Waals surface area contributed by atoms with E-state index in [1.54, 1.807) is 0 Å². The molecule has 0 unspecified atom stereocenters. The fourth-order valence-electron chi connectivity index (χ4n) is 6.52. The van der Waals surface area contributed by atoms with Gasteiger partial charge in [-0.25, -0.2) is 9.97 Å². The van der Waals surface area contributed by atoms with Gasteiger partial charge in [-0.3, -0.25) is 0 Å². The van der Waals surface area contributed by atoms with Gasteiger partial charge in [-0.1, -0.05) is 109 Å². The van der Waals surface area contributed by atoms with Crippen molar-refractivity contribution in [3.8, 4) is 0 Å². The summed E-state index contributed by atoms with van der Waals surface area (Å²) in [7, 11) is 0. The van der Waals surface area contributed by atoms with E-state index in [9.17, 15) is 0 Å². The maximum Gasteiger partial charge on any atom is 0.152 e. The van der Waals surface area contributed by atoms with Crippen LogP contribution in [0.5, 0.6) is 0 Å². The molecule has 0 saturated heterocycles. The number of para-hydroxylation sites is 1. The lowest BCUT2D eigenvalue weighted by atomic mass is 9.80. The summed E-state index contributed by atoms with van der Waals surface area (Å²) >= 11 is 0. The van der Waals surface area contributed by atoms with Gasteiger partial charge in [-0.05, 0) is 56.5 Å². The molecule has 0 aliphatic rings. The summed E-state index contributed by atoms with van der Waals surface area (Å²) < 4.78 is 21.4. The molecule has 2 aromatic heterocycles. The third-order valence-electron chi connectivity index (χ3n) is 8.79. The van der Waals surface area contributed by atoms with E-state index in [0.717, 1.165) is 58.4 Å². The monoisotopic (exact) mass is 657 g/mol. The smallest absolute Gasteiger partial charge is 0.152 e. The maximum atomic E-state index is 6.92. The quantitative estimate of drug-likeness (QED) is 0.0775. The summed E-state index contributed by atoms with van der Waals surface area (Å²) in [6.07, 6.45) is 0.849. The molecule has 0 saturated carbocycles. The Bertz CT molecular complexity index is 1830. The molecular weight excluding hydrogens is 610 g/mol. The Kier molecular flexibility index (Phi) is 11.0. The van der Waals surface area contributed by atoms with Gasteiger partial charge in [0.25, 0.3) is 0 Å². The number of hydrogen-bond donors (Lipinski definition) is 2. The molecule has 6 aromatic rings. The van der Waals surface area contributed by atoms with Gasteiger partial charge >= 0.3 is 0 Å². The zero-order valence-corrected chi connectivity index (χ0v) is 28.8. The van der Waals surface area contributed by atoms with Crippen LogP contribution in [0.4, 0.5) is 5.82 Å². The van der Waals surface area contributed by atoms with Crippen LogP contribution in [0.15, 0.2) is 115 Å². The number of benzene rings is 4. The first-order valence-corrected chi connectivity index (χ1v) is 17.2. The van der Waals surface area contributed by atoms with E-state index >= 15 is 0 Å². The van der Waals surface area contributed by atoms with E-state index in [1.807, 2.05) is 43.3 Å². The molecule has 4 aromatic carbocycles. The zero-order valence-electron chi connectivity index (χ0n) is 28.8. The minimum atomic E-state index is -0.707. The Hall–Kier alpha value is -4.60. The number of aromatic nitrogens is 3. The van der Waals surface area contributed by atoms with Crippen molar-refractivity contribution >= 4 is 27.8 Å². The molecule has 49 heavy (non-hydrogen) atoms. The van der Waals surface area contributed by atoms with Crippen molar-refractivity contribution in [2.75, 3.05) is 38.6 Å². The second kappa shape index (κ2) is 15.7. The lowest BCUT2D eigenvalue weighted by Crippen LogP contribution is -2.35. The molecule has 0 aliphatic carbocycles. The standard InChI is InChI=1S/C41H47N5O3/c1-4-47-29-36-45-37-38(34-23-14-15-24-35(34)44-39(37)42)46(36)30-40(2,3)48-28-26-43-25-16-27-49-41(31-17-8-5-9-18-31,32-19-10-6-11-20-32)33-21-12-7-13-22-33/h5-15,17-24,43H,4,16,25-30H2,1-3H3,(H2,42,44). The molecule has 8 nitrogen and oxygen atoms in total. The maximum absolute atomic E-state index is 6.92. The summed E-state index contributed by atoms with van der Waals surface area (Å²) in [6, 6.07) is 39.5. The predicted octanol–water partition coefficient (Wildman–Crippen LogP) is 7.49. The highest BCUT2D eigenvalue weighted by Crippen LogP contribution is 2.40. The molecule has 6 rings (SSSR count). The van der Waals surface area contributed by atoms with Crippen LogP contribution in [0.25, 0.3) is 21.9 Å². The highest BCUT2D eigenvalue weighted by Gasteiger charge is 2.37. The van der Waals surface area contributed by atoms with E-state index in [0.29, 0.717) is 44.3 Å². The van der Waals surface area contributed by atoms with Crippen LogP contribution in [0, 0.1) is 0 Å². The number of nitrogens with zero attached hydrogens (tertiary/aromatic N) is 3. The minimum Gasteiger partial charge on any atom is -0.382 e. The molecule has 0 atom stereocenters. The Morgan fingerprint density at radius 1 is 0.714 bits per heavy atom. The van der Waals surface area contributed by atoms with Gasteiger partial charge in [0.2, 0.25) is 0 Å². The number of fused-ring (bicyclic) bond motifs is 3. The topological polar surface area (TPSA) is 96.5 Å². The normalized spacial score (nSPS) is 12.2. The van der Waals surface area contributed by atoms with Crippen LogP contribution in [-0.4, -0.2) is 53.0 Å². The number of hydrogen-bond acceptors (Lipinski definition) is 7. The molecule has 8 heteroatoms. The van der Waals surface area contributed by atoms with E-state index in [2.05, 4.69) is 108 Å². The van der Waals surface area contributed by atoms with E-state index in [4.69, 9.17) is 24.9 Å². The number of imidazole rings is 1. The SMILES string of the molecule is CCOCc1nc2c(N)nc3ccccc3c2n1CC(C)(C)OCCNCCCOC(c1ccccc1)(c1ccccc1)c1ccccc1. The number of anilines is 1. The predicted molar refractivity (Wildman–Crippen MR) is 197 cm³/mol. The third kappa shape index (κ3) is 7.68. The van der Waals surface area contributed by atoms with Crippen molar-refractivity contribution in [1.82, 2.24) is 19.9 Å². The van der Waals surface area contributed by atoms with E-state index in [-0.39, 0.29) is 0 Å². The summed E-state index contributed by atoms with van der Waals surface area (Å²) in [4.78, 5) is 9.47. The van der Waals surface area contributed by atoms with Crippen LogP contribution in [-0.2, 0) is 33.0 Å². The lowest BCUT2D eigenvalue weighted by Gasteiger charge is -2.36. The zero-order chi connectivity index (χ0) is 34.1. The fraction of sp³-hybridized carbons (Fsp3) is 0.317. The average molecular weight is 658 g/mol. The first-order valence-electron chi connectivity index (χ1n) is 17.2. The van der Waals surface area contributed by atoms with Crippen LogP contribution < -0.4 is 11.1 Å². The fourth-order valence-corrected chi connectivity index (χ4v) is 6.52. The minimum absolute atomic E-state index is 0.388. The number of nitrogens with two attached hydrogens (primary N) is 1. The molecule has 0 spiro atoms. The number of nitrogens with one attached hydrogen (secondary N) is 1. The number of nitrogen functional groups attached to an aromatic ring is 1. The van der Waals surface area contributed by atoms with Crippen molar-refractivity contribution < 1.29 is 14.2 Å². The Morgan fingerprint density at radius 3 is 1.92 bits per heavy atom.